The number of rotatable bonds is 7. The molecule has 0 rings (SSSR count). The third-order valence-electron chi connectivity index (χ3n) is 2.54. The van der Waals surface area contributed by atoms with E-state index in [4.69, 9.17) is 0 Å². The molecule has 0 aromatic heterocycles. The van der Waals surface area contributed by atoms with Gasteiger partial charge in [-0.3, -0.25) is 4.79 Å². The molecule has 1 amide bonds. The Kier molecular flexibility index (Phi) is 7.42. The van der Waals surface area contributed by atoms with Gasteiger partial charge in [-0.1, -0.05) is 13.8 Å². The molecule has 0 radical (unpaired) electrons. The molecule has 0 heterocycles. The SMILES string of the molecule is CCN(CC)CC[C@@H](NC)C(=O)NC. The van der Waals surface area contributed by atoms with Gasteiger partial charge in [0.25, 0.3) is 0 Å². The number of hydrogen-bond donors (Lipinski definition) is 2. The van der Waals surface area contributed by atoms with Crippen LogP contribution >= 0.6 is 0 Å². The molecule has 0 aliphatic carbocycles. The van der Waals surface area contributed by atoms with Crippen molar-refractivity contribution in [2.24, 2.45) is 0 Å². The molecule has 0 bridgehead atoms. The summed E-state index contributed by atoms with van der Waals surface area (Å²) in [7, 11) is 3.49. The monoisotopic (exact) mass is 201 g/mol. The summed E-state index contributed by atoms with van der Waals surface area (Å²) >= 11 is 0. The normalized spacial score (nSPS) is 12.9. The van der Waals surface area contributed by atoms with Gasteiger partial charge in [0.05, 0.1) is 6.04 Å². The van der Waals surface area contributed by atoms with Gasteiger partial charge < -0.3 is 15.5 Å². The highest BCUT2D eigenvalue weighted by molar-refractivity contribution is 5.81. The van der Waals surface area contributed by atoms with Crippen LogP contribution < -0.4 is 10.6 Å². The minimum absolute atomic E-state index is 0.0689. The molecule has 0 saturated carbocycles. The molecular weight excluding hydrogens is 178 g/mol. The average Bonchev–Trinajstić information content (AvgIpc) is 2.24. The first-order chi connectivity index (χ1) is 6.69. The van der Waals surface area contributed by atoms with Crippen molar-refractivity contribution in [2.45, 2.75) is 26.3 Å². The van der Waals surface area contributed by atoms with E-state index < -0.39 is 0 Å². The van der Waals surface area contributed by atoms with Gasteiger partial charge in [0, 0.05) is 13.6 Å². The van der Waals surface area contributed by atoms with E-state index in [-0.39, 0.29) is 11.9 Å². The molecule has 0 unspecified atom stereocenters. The number of hydrogen-bond acceptors (Lipinski definition) is 3. The third-order valence-corrected chi connectivity index (χ3v) is 2.54. The van der Waals surface area contributed by atoms with Gasteiger partial charge in [-0.2, -0.15) is 0 Å². The molecular formula is C10H23N3O. The summed E-state index contributed by atoms with van der Waals surface area (Å²) in [5.74, 6) is 0.0691. The first-order valence-corrected chi connectivity index (χ1v) is 5.30. The number of amides is 1. The minimum Gasteiger partial charge on any atom is -0.358 e. The third kappa shape index (κ3) is 4.58. The van der Waals surface area contributed by atoms with Crippen molar-refractivity contribution in [3.63, 3.8) is 0 Å². The Balaban J connectivity index is 3.88. The smallest absolute Gasteiger partial charge is 0.236 e. The van der Waals surface area contributed by atoms with E-state index in [1.54, 1.807) is 7.05 Å². The zero-order valence-electron chi connectivity index (χ0n) is 9.76. The van der Waals surface area contributed by atoms with Crippen LogP contribution in [0.25, 0.3) is 0 Å². The van der Waals surface area contributed by atoms with Crippen LogP contribution in [0.15, 0.2) is 0 Å². The number of nitrogens with one attached hydrogen (secondary N) is 2. The molecule has 2 N–H and O–H groups in total. The van der Waals surface area contributed by atoms with Crippen molar-refractivity contribution in [1.82, 2.24) is 15.5 Å². The van der Waals surface area contributed by atoms with Gasteiger partial charge >= 0.3 is 0 Å². The summed E-state index contributed by atoms with van der Waals surface area (Å²) < 4.78 is 0. The Morgan fingerprint density at radius 2 is 1.86 bits per heavy atom. The van der Waals surface area contributed by atoms with Crippen LogP contribution in [0.2, 0.25) is 0 Å². The van der Waals surface area contributed by atoms with Gasteiger partial charge in [-0.15, -0.1) is 0 Å². The molecule has 0 aliphatic rings. The fourth-order valence-electron chi connectivity index (χ4n) is 1.43. The highest BCUT2D eigenvalue weighted by atomic mass is 16.2. The lowest BCUT2D eigenvalue weighted by Crippen LogP contribution is -2.43. The molecule has 4 heteroatoms. The zero-order chi connectivity index (χ0) is 11.0. The van der Waals surface area contributed by atoms with E-state index in [1.165, 1.54) is 0 Å². The van der Waals surface area contributed by atoms with Crippen molar-refractivity contribution in [3.05, 3.63) is 0 Å². The molecule has 1 atom stereocenters. The molecule has 0 fully saturated rings. The molecule has 84 valence electrons. The summed E-state index contributed by atoms with van der Waals surface area (Å²) in [6.07, 6.45) is 0.859. The molecule has 4 nitrogen and oxygen atoms in total. The highest BCUT2D eigenvalue weighted by Gasteiger charge is 2.14. The summed E-state index contributed by atoms with van der Waals surface area (Å²) in [4.78, 5) is 13.7. The minimum atomic E-state index is -0.0689. The summed E-state index contributed by atoms with van der Waals surface area (Å²) in [6.45, 7) is 7.32. The lowest BCUT2D eigenvalue weighted by molar-refractivity contribution is -0.122. The van der Waals surface area contributed by atoms with E-state index in [9.17, 15) is 4.79 Å². The van der Waals surface area contributed by atoms with Gasteiger partial charge in [0.2, 0.25) is 5.91 Å². The maximum absolute atomic E-state index is 11.3. The number of carbonyl (C=O) groups excluding carboxylic acids is 1. The first-order valence-electron chi connectivity index (χ1n) is 5.30. The molecule has 0 aromatic rings. The molecule has 0 aromatic carbocycles. The van der Waals surface area contributed by atoms with Gasteiger partial charge in [0.15, 0.2) is 0 Å². The predicted molar refractivity (Wildman–Crippen MR) is 59.3 cm³/mol. The fourth-order valence-corrected chi connectivity index (χ4v) is 1.43. The number of carbonyl (C=O) groups is 1. The quantitative estimate of drug-likeness (QED) is 0.612. The second-order valence-electron chi connectivity index (χ2n) is 3.27. The second kappa shape index (κ2) is 7.76. The Labute approximate surface area is 87.0 Å². The van der Waals surface area contributed by atoms with E-state index in [0.29, 0.717) is 0 Å². The number of likely N-dealkylation sites (N-methyl/N-ethyl adjacent to an activating group) is 2. The van der Waals surface area contributed by atoms with Gasteiger partial charge in [-0.05, 0) is 26.6 Å². The lowest BCUT2D eigenvalue weighted by Gasteiger charge is -2.21. The maximum Gasteiger partial charge on any atom is 0.236 e. The van der Waals surface area contributed by atoms with Crippen molar-refractivity contribution >= 4 is 5.91 Å². The summed E-state index contributed by atoms with van der Waals surface area (Å²) in [5, 5.41) is 5.67. The van der Waals surface area contributed by atoms with Crippen LogP contribution in [-0.4, -0.2) is 50.6 Å². The Hall–Kier alpha value is -0.610. The number of nitrogens with zero attached hydrogens (tertiary/aromatic N) is 1. The Bertz CT molecular complexity index is 157. The van der Waals surface area contributed by atoms with E-state index in [2.05, 4.69) is 29.4 Å². The topological polar surface area (TPSA) is 44.4 Å². The molecule has 0 saturated heterocycles. The second-order valence-corrected chi connectivity index (χ2v) is 3.27. The Morgan fingerprint density at radius 3 is 2.21 bits per heavy atom. The summed E-state index contributed by atoms with van der Waals surface area (Å²) in [5.41, 5.74) is 0. The van der Waals surface area contributed by atoms with E-state index >= 15 is 0 Å². The van der Waals surface area contributed by atoms with Crippen LogP contribution in [0.3, 0.4) is 0 Å². The fraction of sp³-hybridized carbons (Fsp3) is 0.900. The lowest BCUT2D eigenvalue weighted by atomic mass is 10.2. The predicted octanol–water partition coefficient (Wildman–Crippen LogP) is 0.0523. The van der Waals surface area contributed by atoms with Crippen LogP contribution in [0, 0.1) is 0 Å². The van der Waals surface area contributed by atoms with Crippen molar-refractivity contribution in [2.75, 3.05) is 33.7 Å². The first kappa shape index (κ1) is 13.4. The standard InChI is InChI=1S/C10H23N3O/c1-5-13(6-2)8-7-9(11-3)10(14)12-4/h9,11H,5-8H2,1-4H3,(H,12,14)/t9-/m1/s1. The van der Waals surface area contributed by atoms with E-state index in [0.717, 1.165) is 26.1 Å². The highest BCUT2D eigenvalue weighted by Crippen LogP contribution is 1.96. The van der Waals surface area contributed by atoms with Crippen LogP contribution in [0.4, 0.5) is 0 Å². The average molecular weight is 201 g/mol. The van der Waals surface area contributed by atoms with Crippen LogP contribution in [0.1, 0.15) is 20.3 Å². The molecule has 0 spiro atoms. The zero-order valence-corrected chi connectivity index (χ0v) is 9.76. The van der Waals surface area contributed by atoms with Gasteiger partial charge in [0.1, 0.15) is 0 Å². The van der Waals surface area contributed by atoms with Crippen LogP contribution in [0.5, 0.6) is 0 Å². The van der Waals surface area contributed by atoms with Crippen LogP contribution in [-0.2, 0) is 4.79 Å². The van der Waals surface area contributed by atoms with Crippen molar-refractivity contribution in [1.29, 1.82) is 0 Å². The largest absolute Gasteiger partial charge is 0.358 e. The Morgan fingerprint density at radius 1 is 1.29 bits per heavy atom. The van der Waals surface area contributed by atoms with Crippen molar-refractivity contribution < 1.29 is 4.79 Å². The molecule has 0 aliphatic heterocycles. The summed E-state index contributed by atoms with van der Waals surface area (Å²) in [6, 6.07) is -0.0689. The van der Waals surface area contributed by atoms with Crippen molar-refractivity contribution in [3.8, 4) is 0 Å². The molecule has 14 heavy (non-hydrogen) atoms. The van der Waals surface area contributed by atoms with E-state index in [1.807, 2.05) is 7.05 Å². The maximum atomic E-state index is 11.3. The van der Waals surface area contributed by atoms with Gasteiger partial charge in [-0.25, -0.2) is 0 Å².